The van der Waals surface area contributed by atoms with Crippen LogP contribution >= 0.6 is 0 Å². The average molecular weight is 353 g/mol. The fraction of sp³-hybridized carbons (Fsp3) is 0.895. The van der Waals surface area contributed by atoms with E-state index in [1.54, 1.807) is 19.0 Å². The van der Waals surface area contributed by atoms with E-state index in [1.807, 2.05) is 0 Å². The van der Waals surface area contributed by atoms with Crippen LogP contribution in [0.2, 0.25) is 0 Å². The molecule has 144 valence electrons. The van der Waals surface area contributed by atoms with E-state index in [9.17, 15) is 4.79 Å². The lowest BCUT2D eigenvalue weighted by atomic mass is 9.83. The van der Waals surface area contributed by atoms with Crippen molar-refractivity contribution in [2.45, 2.75) is 77.5 Å². The first kappa shape index (κ1) is 20.0. The normalized spacial score (nSPS) is 25.7. The number of likely N-dealkylation sites (N-methyl/N-ethyl adjacent to an activating group) is 1. The van der Waals surface area contributed by atoms with E-state index in [1.165, 1.54) is 25.7 Å². The van der Waals surface area contributed by atoms with Crippen molar-refractivity contribution < 1.29 is 9.53 Å². The first-order valence-corrected chi connectivity index (χ1v) is 9.65. The summed E-state index contributed by atoms with van der Waals surface area (Å²) >= 11 is 0. The maximum atomic E-state index is 11.9. The van der Waals surface area contributed by atoms with Crippen molar-refractivity contribution in [1.82, 2.24) is 15.5 Å². The highest BCUT2D eigenvalue weighted by Gasteiger charge is 2.32. The van der Waals surface area contributed by atoms with Crippen molar-refractivity contribution in [3.63, 3.8) is 0 Å². The summed E-state index contributed by atoms with van der Waals surface area (Å²) < 4.78 is 5.96. The molecule has 0 radical (unpaired) electrons. The highest BCUT2D eigenvalue weighted by atomic mass is 16.5. The molecule has 1 saturated carbocycles. The van der Waals surface area contributed by atoms with Crippen LogP contribution < -0.4 is 10.6 Å². The fourth-order valence-electron chi connectivity index (χ4n) is 3.41. The Morgan fingerprint density at radius 1 is 1.12 bits per heavy atom. The summed E-state index contributed by atoms with van der Waals surface area (Å²) in [6, 6.07) is 0.805. The quantitative estimate of drug-likeness (QED) is 0.601. The molecule has 2 atom stereocenters. The predicted octanol–water partition coefficient (Wildman–Crippen LogP) is 2.15. The number of guanidine groups is 1. The van der Waals surface area contributed by atoms with E-state index in [4.69, 9.17) is 4.74 Å². The smallest absolute Gasteiger partial charge is 0.243 e. The van der Waals surface area contributed by atoms with Gasteiger partial charge in [-0.3, -0.25) is 4.79 Å². The zero-order valence-electron chi connectivity index (χ0n) is 16.6. The molecule has 0 aromatic heterocycles. The summed E-state index contributed by atoms with van der Waals surface area (Å²) in [5.74, 6) is 0.800. The molecule has 2 N–H and O–H groups in total. The van der Waals surface area contributed by atoms with Gasteiger partial charge in [-0.25, -0.2) is 4.99 Å². The number of rotatable bonds is 4. The number of nitrogens with one attached hydrogen (secondary N) is 2. The highest BCUT2D eigenvalue weighted by Crippen LogP contribution is 2.29. The lowest BCUT2D eigenvalue weighted by molar-refractivity contribution is -0.127. The van der Waals surface area contributed by atoms with Gasteiger partial charge < -0.3 is 20.3 Å². The standard InChI is InChI=1S/C19H36N4O2/c1-19(2,3)16-12-15(10-11-25-16)22-18(20-13-17(24)23(4)5)21-14-8-6-7-9-14/h14-16H,6-13H2,1-5H3,(H2,20,21,22). The van der Waals surface area contributed by atoms with Gasteiger partial charge in [0.05, 0.1) is 6.10 Å². The molecule has 0 spiro atoms. The molecule has 6 nitrogen and oxygen atoms in total. The Kier molecular flexibility index (Phi) is 7.11. The third kappa shape index (κ3) is 6.49. The Bertz CT molecular complexity index is 465. The summed E-state index contributed by atoms with van der Waals surface area (Å²) in [6.07, 6.45) is 7.09. The molecule has 2 unspecified atom stereocenters. The van der Waals surface area contributed by atoms with Gasteiger partial charge in [-0.05, 0) is 31.1 Å². The minimum Gasteiger partial charge on any atom is -0.378 e. The van der Waals surface area contributed by atoms with Crippen LogP contribution in [0.1, 0.15) is 59.3 Å². The summed E-state index contributed by atoms with van der Waals surface area (Å²) in [5.41, 5.74) is 0.136. The number of hydrogen-bond donors (Lipinski definition) is 2. The monoisotopic (exact) mass is 352 g/mol. The minimum absolute atomic E-state index is 0.0204. The molecule has 1 aliphatic heterocycles. The topological polar surface area (TPSA) is 66.0 Å². The molecule has 25 heavy (non-hydrogen) atoms. The SMILES string of the molecule is CN(C)C(=O)CN=C(NC1CCCC1)NC1CCOC(C(C)(C)C)C1. The number of nitrogens with zero attached hydrogens (tertiary/aromatic N) is 2. The molecule has 1 heterocycles. The molecule has 1 amide bonds. The van der Waals surface area contributed by atoms with E-state index in [-0.39, 0.29) is 24.0 Å². The van der Waals surface area contributed by atoms with Crippen LogP contribution in [0, 0.1) is 5.41 Å². The van der Waals surface area contributed by atoms with Gasteiger partial charge in [-0.2, -0.15) is 0 Å². The van der Waals surface area contributed by atoms with Crippen LogP contribution in [0.5, 0.6) is 0 Å². The second-order valence-electron chi connectivity index (χ2n) is 8.67. The van der Waals surface area contributed by atoms with Crippen molar-refractivity contribution in [3.05, 3.63) is 0 Å². The Morgan fingerprint density at radius 2 is 1.76 bits per heavy atom. The number of aliphatic imine (C=N–C) groups is 1. The minimum atomic E-state index is 0.0204. The molecular formula is C19H36N4O2. The van der Waals surface area contributed by atoms with E-state index in [0.717, 1.165) is 25.4 Å². The van der Waals surface area contributed by atoms with Crippen molar-refractivity contribution in [3.8, 4) is 0 Å². The number of amides is 1. The summed E-state index contributed by atoms with van der Waals surface area (Å²) in [7, 11) is 3.53. The first-order valence-electron chi connectivity index (χ1n) is 9.65. The van der Waals surface area contributed by atoms with Gasteiger partial charge in [-0.15, -0.1) is 0 Å². The third-order valence-electron chi connectivity index (χ3n) is 5.16. The molecule has 2 rings (SSSR count). The van der Waals surface area contributed by atoms with Crippen molar-refractivity contribution >= 4 is 11.9 Å². The third-order valence-corrected chi connectivity index (χ3v) is 5.16. The lowest BCUT2D eigenvalue weighted by Crippen LogP contribution is -2.51. The molecule has 0 aromatic carbocycles. The summed E-state index contributed by atoms with van der Waals surface area (Å²) in [6.45, 7) is 7.62. The van der Waals surface area contributed by atoms with Gasteiger partial charge >= 0.3 is 0 Å². The second-order valence-corrected chi connectivity index (χ2v) is 8.67. The number of ether oxygens (including phenoxy) is 1. The number of carbonyl (C=O) groups excluding carboxylic acids is 1. The molecule has 1 saturated heterocycles. The van der Waals surface area contributed by atoms with Crippen LogP contribution in [-0.2, 0) is 9.53 Å². The molecule has 6 heteroatoms. The fourth-order valence-corrected chi connectivity index (χ4v) is 3.41. The van der Waals surface area contributed by atoms with Gasteiger partial charge in [0.15, 0.2) is 5.96 Å². The lowest BCUT2D eigenvalue weighted by Gasteiger charge is -2.38. The van der Waals surface area contributed by atoms with E-state index in [0.29, 0.717) is 12.1 Å². The van der Waals surface area contributed by atoms with Gasteiger partial charge in [0.2, 0.25) is 5.91 Å². The van der Waals surface area contributed by atoms with Crippen LogP contribution in [0.3, 0.4) is 0 Å². The molecule has 1 aliphatic carbocycles. The molecule has 2 aliphatic rings. The average Bonchev–Trinajstić information content (AvgIpc) is 3.04. The van der Waals surface area contributed by atoms with E-state index in [2.05, 4.69) is 36.4 Å². The first-order chi connectivity index (χ1) is 11.8. The van der Waals surface area contributed by atoms with Gasteiger partial charge in [0.1, 0.15) is 6.54 Å². The summed E-state index contributed by atoms with van der Waals surface area (Å²) in [5, 5.41) is 7.11. The van der Waals surface area contributed by atoms with Crippen LogP contribution in [0.25, 0.3) is 0 Å². The van der Waals surface area contributed by atoms with E-state index < -0.39 is 0 Å². The summed E-state index contributed by atoms with van der Waals surface area (Å²) in [4.78, 5) is 18.0. The van der Waals surface area contributed by atoms with Gasteiger partial charge in [0, 0.05) is 32.8 Å². The van der Waals surface area contributed by atoms with Crippen molar-refractivity contribution in [1.29, 1.82) is 0 Å². The Balaban J connectivity index is 1.98. The van der Waals surface area contributed by atoms with Crippen LogP contribution in [-0.4, -0.2) is 62.2 Å². The predicted molar refractivity (Wildman–Crippen MR) is 102 cm³/mol. The Morgan fingerprint density at radius 3 is 2.36 bits per heavy atom. The maximum Gasteiger partial charge on any atom is 0.243 e. The van der Waals surface area contributed by atoms with Gasteiger partial charge in [0.25, 0.3) is 0 Å². The largest absolute Gasteiger partial charge is 0.378 e. The molecule has 0 bridgehead atoms. The Labute approximate surface area is 152 Å². The molecular weight excluding hydrogens is 316 g/mol. The van der Waals surface area contributed by atoms with Crippen molar-refractivity contribution in [2.75, 3.05) is 27.2 Å². The molecule has 2 fully saturated rings. The maximum absolute atomic E-state index is 11.9. The number of hydrogen-bond acceptors (Lipinski definition) is 3. The molecule has 0 aromatic rings. The van der Waals surface area contributed by atoms with Crippen LogP contribution in [0.15, 0.2) is 4.99 Å². The van der Waals surface area contributed by atoms with Gasteiger partial charge in [-0.1, -0.05) is 33.6 Å². The second kappa shape index (κ2) is 8.88. The zero-order chi connectivity index (χ0) is 18.4. The van der Waals surface area contributed by atoms with Crippen molar-refractivity contribution in [2.24, 2.45) is 10.4 Å². The zero-order valence-corrected chi connectivity index (χ0v) is 16.6. The van der Waals surface area contributed by atoms with Crippen LogP contribution in [0.4, 0.5) is 0 Å². The van der Waals surface area contributed by atoms with E-state index >= 15 is 0 Å². The Hall–Kier alpha value is -1.30. The number of carbonyl (C=O) groups is 1. The highest BCUT2D eigenvalue weighted by molar-refractivity contribution is 5.85.